The van der Waals surface area contributed by atoms with Crippen LogP contribution in [0, 0.1) is 25.7 Å². The molecule has 3 aliphatic rings. The minimum atomic E-state index is 0.0360. The molecule has 7 rings (SSSR count). The molecule has 0 spiro atoms. The molecule has 1 heterocycles. The molecule has 35 heavy (non-hydrogen) atoms. The summed E-state index contributed by atoms with van der Waals surface area (Å²) in [6, 6.07) is 19.1. The number of pyridine rings is 1. The Morgan fingerprint density at radius 1 is 0.886 bits per heavy atom. The number of benzene rings is 3. The second-order valence-corrected chi connectivity index (χ2v) is 12.4. The number of aromatic nitrogens is 1. The summed E-state index contributed by atoms with van der Waals surface area (Å²) in [7, 11) is 2.14. The number of fused-ring (bicyclic) bond motifs is 5. The Morgan fingerprint density at radius 2 is 1.60 bits per heavy atom. The molecule has 4 aromatic rings. The first kappa shape index (κ1) is 21.6. The smallest absolute Gasteiger partial charge is 0.198 e. The first-order valence-corrected chi connectivity index (χ1v) is 13.6. The molecule has 1 atom stereocenters. The van der Waals surface area contributed by atoms with Crippen LogP contribution in [0.4, 0.5) is 0 Å². The number of aryl methyl sites for hydroxylation is 1. The maximum absolute atomic E-state index is 9.11. The van der Waals surface area contributed by atoms with E-state index in [0.29, 0.717) is 12.0 Å². The zero-order valence-corrected chi connectivity index (χ0v) is 22.3. The van der Waals surface area contributed by atoms with Crippen LogP contribution in [0.15, 0.2) is 54.6 Å². The van der Waals surface area contributed by atoms with Crippen molar-refractivity contribution >= 4 is 21.5 Å². The lowest BCUT2D eigenvalue weighted by Crippen LogP contribution is -2.35. The van der Waals surface area contributed by atoms with Crippen molar-refractivity contribution in [2.45, 2.75) is 78.1 Å². The van der Waals surface area contributed by atoms with Crippen molar-refractivity contribution in [1.29, 1.82) is 0 Å². The molecule has 2 bridgehead atoms. The first-order valence-electron chi connectivity index (χ1n) is 14.1. The predicted molar refractivity (Wildman–Crippen MR) is 149 cm³/mol. The van der Waals surface area contributed by atoms with E-state index in [0.717, 1.165) is 22.9 Å². The molecule has 1 unspecified atom stereocenters. The lowest BCUT2D eigenvalue weighted by Gasteiger charge is -2.42. The van der Waals surface area contributed by atoms with E-state index in [2.05, 4.69) is 94.8 Å². The fraction of sp³-hybridized carbons (Fsp3) is 0.441. The number of nitrogens with zero attached hydrogens (tertiary/aromatic N) is 1. The Hall–Kier alpha value is -2.67. The molecule has 0 radical (unpaired) electrons. The first-order chi connectivity index (χ1) is 17.1. The average molecular weight is 464 g/mol. The number of hydrogen-bond donors (Lipinski definition) is 0. The summed E-state index contributed by atoms with van der Waals surface area (Å²) < 4.78 is 11.4. The van der Waals surface area contributed by atoms with Gasteiger partial charge in [0.1, 0.15) is 7.05 Å². The molecule has 3 aliphatic carbocycles. The van der Waals surface area contributed by atoms with Crippen LogP contribution in [0.5, 0.6) is 0 Å². The van der Waals surface area contributed by atoms with Crippen molar-refractivity contribution in [3.8, 4) is 11.3 Å². The molecule has 0 aliphatic heterocycles. The average Bonchev–Trinajstić information content (AvgIpc) is 2.88. The van der Waals surface area contributed by atoms with Crippen LogP contribution in [0.2, 0.25) is 0 Å². The molecule has 0 amide bonds. The normalized spacial score (nSPS) is 22.7. The van der Waals surface area contributed by atoms with E-state index in [4.69, 9.17) is 1.37 Å². The molecule has 3 fully saturated rings. The third-order valence-corrected chi connectivity index (χ3v) is 9.31. The zero-order valence-electron chi connectivity index (χ0n) is 23.3. The van der Waals surface area contributed by atoms with Crippen molar-refractivity contribution in [2.24, 2.45) is 18.9 Å². The lowest BCUT2D eigenvalue weighted by molar-refractivity contribution is -0.665. The van der Waals surface area contributed by atoms with Gasteiger partial charge in [-0.1, -0.05) is 70.0 Å². The summed E-state index contributed by atoms with van der Waals surface area (Å²) in [6.45, 7) is 11.3. The van der Waals surface area contributed by atoms with Crippen LogP contribution in [-0.4, -0.2) is 0 Å². The van der Waals surface area contributed by atoms with Gasteiger partial charge < -0.3 is 0 Å². The van der Waals surface area contributed by atoms with Crippen LogP contribution >= 0.6 is 0 Å². The van der Waals surface area contributed by atoms with Gasteiger partial charge >= 0.3 is 0 Å². The van der Waals surface area contributed by atoms with E-state index in [9.17, 15) is 0 Å². The van der Waals surface area contributed by atoms with Gasteiger partial charge in [0.15, 0.2) is 5.69 Å². The monoisotopic (exact) mass is 463 g/mol. The SMILES string of the molecule is [2H]c1c(C)[n+](C)c(-c2cc(C(C)(C)C)c3ccccc3c2C)c2ccc(C3CC4CCC3CC4)cc12. The molecule has 3 aromatic carbocycles. The van der Waals surface area contributed by atoms with E-state index in [-0.39, 0.29) is 5.41 Å². The van der Waals surface area contributed by atoms with Gasteiger partial charge in [0.05, 0.1) is 12.3 Å². The Morgan fingerprint density at radius 3 is 2.26 bits per heavy atom. The molecule has 1 nitrogen and oxygen atoms in total. The fourth-order valence-electron chi connectivity index (χ4n) is 7.23. The Balaban J connectivity index is 1.62. The molecule has 0 saturated heterocycles. The quantitative estimate of drug-likeness (QED) is 0.262. The third-order valence-electron chi connectivity index (χ3n) is 9.31. The topological polar surface area (TPSA) is 3.88 Å². The highest BCUT2D eigenvalue weighted by Crippen LogP contribution is 2.50. The standard InChI is InChI=1S/C34H40N/c1-21-17-26-19-25(31-18-23-11-13-24(31)14-12-23)15-16-28(26)33(35(21)6)30-20-32(34(3,4)5)29-10-8-7-9-27(29)22(30)2/h7-10,15-17,19-20,23-24,31H,11-14,18H2,1-6H3/q+1/i17D. The van der Waals surface area contributed by atoms with E-state index >= 15 is 0 Å². The zero-order chi connectivity index (χ0) is 25.4. The Kier molecular flexibility index (Phi) is 5.05. The third kappa shape index (κ3) is 3.70. The molecular formula is C34H40N+. The number of hydrogen-bond acceptors (Lipinski definition) is 0. The highest BCUT2D eigenvalue weighted by molar-refractivity contribution is 6.00. The minimum Gasteiger partial charge on any atom is -0.198 e. The van der Waals surface area contributed by atoms with Gasteiger partial charge in [-0.05, 0) is 94.3 Å². The van der Waals surface area contributed by atoms with Crippen LogP contribution in [-0.2, 0) is 12.5 Å². The Bertz CT molecular complexity index is 1500. The van der Waals surface area contributed by atoms with Crippen molar-refractivity contribution in [2.75, 3.05) is 0 Å². The summed E-state index contributed by atoms with van der Waals surface area (Å²) in [4.78, 5) is 0. The second-order valence-electron chi connectivity index (χ2n) is 12.4. The van der Waals surface area contributed by atoms with Gasteiger partial charge in [-0.2, -0.15) is 4.57 Å². The summed E-state index contributed by atoms with van der Waals surface area (Å²) in [5.41, 5.74) is 7.77. The summed E-state index contributed by atoms with van der Waals surface area (Å²) in [6.07, 6.45) is 6.97. The summed E-state index contributed by atoms with van der Waals surface area (Å²) in [5.74, 6) is 2.42. The van der Waals surface area contributed by atoms with Crippen LogP contribution < -0.4 is 4.57 Å². The minimum absolute atomic E-state index is 0.0360. The second kappa shape index (κ2) is 8.19. The molecule has 1 aromatic heterocycles. The van der Waals surface area contributed by atoms with Crippen molar-refractivity contribution in [3.05, 3.63) is 77.0 Å². The maximum Gasteiger partial charge on any atom is 0.220 e. The highest BCUT2D eigenvalue weighted by Gasteiger charge is 2.36. The van der Waals surface area contributed by atoms with Gasteiger partial charge in [-0.15, -0.1) is 0 Å². The number of rotatable bonds is 2. The van der Waals surface area contributed by atoms with E-state index in [1.807, 2.05) is 0 Å². The molecule has 1 heteroatoms. The van der Waals surface area contributed by atoms with Gasteiger partial charge in [-0.25, -0.2) is 0 Å². The lowest BCUT2D eigenvalue weighted by atomic mass is 9.63. The van der Waals surface area contributed by atoms with E-state index in [1.165, 1.54) is 76.2 Å². The molecule has 3 saturated carbocycles. The molecular weight excluding hydrogens is 422 g/mol. The van der Waals surface area contributed by atoms with Gasteiger partial charge in [0, 0.05) is 13.0 Å². The predicted octanol–water partition coefficient (Wildman–Crippen LogP) is 8.69. The van der Waals surface area contributed by atoms with Crippen molar-refractivity contribution in [3.63, 3.8) is 0 Å². The molecule has 180 valence electrons. The largest absolute Gasteiger partial charge is 0.220 e. The summed E-state index contributed by atoms with van der Waals surface area (Å²) in [5, 5.41) is 5.00. The van der Waals surface area contributed by atoms with Crippen LogP contribution in [0.25, 0.3) is 32.8 Å². The van der Waals surface area contributed by atoms with E-state index < -0.39 is 0 Å². The van der Waals surface area contributed by atoms with Crippen LogP contribution in [0.1, 0.15) is 82.5 Å². The van der Waals surface area contributed by atoms with Gasteiger partial charge in [0.2, 0.25) is 5.69 Å². The van der Waals surface area contributed by atoms with Gasteiger partial charge in [0.25, 0.3) is 0 Å². The van der Waals surface area contributed by atoms with Crippen LogP contribution in [0.3, 0.4) is 0 Å². The molecule has 0 N–H and O–H groups in total. The fourth-order valence-corrected chi connectivity index (χ4v) is 7.23. The van der Waals surface area contributed by atoms with E-state index in [1.54, 1.807) is 0 Å². The van der Waals surface area contributed by atoms with Crippen molar-refractivity contribution < 1.29 is 5.94 Å². The van der Waals surface area contributed by atoms with Gasteiger partial charge in [-0.3, -0.25) is 0 Å². The maximum atomic E-state index is 9.11. The highest BCUT2D eigenvalue weighted by atomic mass is 14.9. The summed E-state index contributed by atoms with van der Waals surface area (Å²) >= 11 is 0. The van der Waals surface area contributed by atoms with Crippen molar-refractivity contribution in [1.82, 2.24) is 0 Å². The Labute approximate surface area is 212 Å².